The number of aromatic nitrogens is 1. The number of allylic oxidation sites excluding steroid dienone is 2. The van der Waals surface area contributed by atoms with Crippen molar-refractivity contribution >= 4 is 17.6 Å². The molecular weight excluding hydrogens is 476 g/mol. The van der Waals surface area contributed by atoms with E-state index in [1.54, 1.807) is 11.1 Å². The van der Waals surface area contributed by atoms with Crippen molar-refractivity contribution in [3.63, 3.8) is 0 Å². The Morgan fingerprint density at radius 2 is 1.66 bits per heavy atom. The molecule has 192 valence electrons. The van der Waals surface area contributed by atoms with Gasteiger partial charge < -0.3 is 19.9 Å². The van der Waals surface area contributed by atoms with Crippen molar-refractivity contribution in [2.45, 2.75) is 31.3 Å². The lowest BCUT2D eigenvalue weighted by molar-refractivity contribution is -0.183. The van der Waals surface area contributed by atoms with Crippen molar-refractivity contribution in [3.05, 3.63) is 109 Å². The van der Waals surface area contributed by atoms with Crippen molar-refractivity contribution in [1.82, 2.24) is 14.8 Å². The molecule has 1 N–H and O–H groups in total. The summed E-state index contributed by atoms with van der Waals surface area (Å²) in [6.07, 6.45) is 12.1. The van der Waals surface area contributed by atoms with Gasteiger partial charge in [-0.15, -0.1) is 0 Å². The Balaban J connectivity index is 1.11. The zero-order chi connectivity index (χ0) is 26.0. The number of β-lactam (4-membered cyclic amide) rings is 1. The molecule has 2 saturated heterocycles. The monoisotopic (exact) mass is 506 g/mol. The summed E-state index contributed by atoms with van der Waals surface area (Å²) < 4.78 is 5.83. The molecule has 6 rings (SSSR count). The number of urea groups is 1. The van der Waals surface area contributed by atoms with Crippen LogP contribution >= 0.6 is 0 Å². The highest BCUT2D eigenvalue weighted by atomic mass is 16.5. The number of amides is 3. The highest BCUT2D eigenvalue weighted by molar-refractivity contribution is 5.93. The molecule has 0 saturated carbocycles. The first kappa shape index (κ1) is 24.0. The van der Waals surface area contributed by atoms with Crippen LogP contribution in [0.3, 0.4) is 0 Å². The molecule has 0 radical (unpaired) electrons. The molecule has 2 aliphatic heterocycles. The number of benzene rings is 2. The van der Waals surface area contributed by atoms with Gasteiger partial charge >= 0.3 is 6.03 Å². The number of nitrogens with one attached hydrogen (secondary N) is 1. The third-order valence-electron chi connectivity index (χ3n) is 7.77. The van der Waals surface area contributed by atoms with Crippen LogP contribution in [0.1, 0.15) is 31.0 Å². The summed E-state index contributed by atoms with van der Waals surface area (Å²) in [5.41, 5.74) is 1.10. The van der Waals surface area contributed by atoms with E-state index in [9.17, 15) is 9.59 Å². The van der Waals surface area contributed by atoms with Gasteiger partial charge in [-0.3, -0.25) is 9.78 Å². The molecule has 1 aliphatic carbocycles. The van der Waals surface area contributed by atoms with E-state index < -0.39 is 5.41 Å². The van der Waals surface area contributed by atoms with E-state index in [-0.39, 0.29) is 24.0 Å². The fraction of sp³-hybridized carbons (Fsp3) is 0.258. The largest absolute Gasteiger partial charge is 0.457 e. The van der Waals surface area contributed by atoms with Crippen LogP contribution in [0.25, 0.3) is 0 Å². The van der Waals surface area contributed by atoms with Crippen molar-refractivity contribution in [2.24, 2.45) is 5.41 Å². The number of carbonyl (C=O) groups excluding carboxylic acids is 2. The predicted molar refractivity (Wildman–Crippen MR) is 146 cm³/mol. The second kappa shape index (κ2) is 10.2. The minimum absolute atomic E-state index is 0.0419. The van der Waals surface area contributed by atoms with Crippen LogP contribution in [-0.4, -0.2) is 45.9 Å². The van der Waals surface area contributed by atoms with E-state index in [1.165, 1.54) is 0 Å². The first-order chi connectivity index (χ1) is 18.6. The Morgan fingerprint density at radius 1 is 0.921 bits per heavy atom. The Bertz CT molecular complexity index is 1350. The standard InChI is InChI=1S/C31H30N4O3/c36-29-31(28(27-13-7-8-20-32-27)35(29)24-9-3-1-4-10-24)18-21-34(22-19-31)30(37)33-23-14-16-26(17-15-23)38-25-11-5-2-6-12-25/h1-9,11-17,20,24,28H,10,18-19,21-22H2,(H,33,37). The van der Waals surface area contributed by atoms with Crippen molar-refractivity contribution in [3.8, 4) is 11.5 Å². The molecule has 2 unspecified atom stereocenters. The van der Waals surface area contributed by atoms with E-state index >= 15 is 0 Å². The summed E-state index contributed by atoms with van der Waals surface area (Å²) >= 11 is 0. The number of nitrogens with zero attached hydrogens (tertiary/aromatic N) is 3. The summed E-state index contributed by atoms with van der Waals surface area (Å²) in [5, 5.41) is 2.99. The third-order valence-corrected chi connectivity index (χ3v) is 7.77. The third kappa shape index (κ3) is 4.45. The smallest absolute Gasteiger partial charge is 0.321 e. The van der Waals surface area contributed by atoms with E-state index in [4.69, 9.17) is 4.74 Å². The van der Waals surface area contributed by atoms with Gasteiger partial charge in [-0.25, -0.2) is 4.79 Å². The van der Waals surface area contributed by atoms with E-state index in [0.717, 1.165) is 17.9 Å². The molecule has 38 heavy (non-hydrogen) atoms. The number of carbonyl (C=O) groups is 2. The molecule has 3 aliphatic rings. The lowest BCUT2D eigenvalue weighted by Gasteiger charge is -2.60. The molecule has 3 aromatic rings. The van der Waals surface area contributed by atoms with Gasteiger partial charge in [0.15, 0.2) is 0 Å². The number of hydrogen-bond acceptors (Lipinski definition) is 4. The minimum atomic E-state index is -0.517. The number of likely N-dealkylation sites (tertiary alicyclic amines) is 2. The maximum Gasteiger partial charge on any atom is 0.321 e. The maximum atomic E-state index is 13.7. The molecule has 3 heterocycles. The second-order valence-corrected chi connectivity index (χ2v) is 10.00. The van der Waals surface area contributed by atoms with Gasteiger partial charge in [0.25, 0.3) is 0 Å². The Labute approximate surface area is 222 Å². The number of pyridine rings is 1. The highest BCUT2D eigenvalue weighted by Gasteiger charge is 2.63. The number of hydrogen-bond donors (Lipinski definition) is 1. The molecule has 7 nitrogen and oxygen atoms in total. The van der Waals surface area contributed by atoms with Crippen molar-refractivity contribution in [1.29, 1.82) is 0 Å². The molecule has 2 aromatic carbocycles. The fourth-order valence-corrected chi connectivity index (χ4v) is 5.80. The minimum Gasteiger partial charge on any atom is -0.457 e. The van der Waals surface area contributed by atoms with E-state index in [0.29, 0.717) is 37.4 Å². The highest BCUT2D eigenvalue weighted by Crippen LogP contribution is 2.57. The Kier molecular flexibility index (Phi) is 6.42. The summed E-state index contributed by atoms with van der Waals surface area (Å²) in [5.74, 6) is 1.63. The molecular formula is C31H30N4O3. The average Bonchev–Trinajstić information content (AvgIpc) is 2.98. The molecule has 2 atom stereocenters. The molecule has 0 bridgehead atoms. The van der Waals surface area contributed by atoms with Crippen LogP contribution in [0.5, 0.6) is 11.5 Å². The van der Waals surface area contributed by atoms with E-state index in [2.05, 4.69) is 22.5 Å². The van der Waals surface area contributed by atoms with Gasteiger partial charge in [0, 0.05) is 25.0 Å². The quantitative estimate of drug-likeness (QED) is 0.434. The second-order valence-electron chi connectivity index (χ2n) is 10.00. The van der Waals surface area contributed by atoms with Crippen molar-refractivity contribution in [2.75, 3.05) is 18.4 Å². The number of para-hydroxylation sites is 1. The van der Waals surface area contributed by atoms with Crippen LogP contribution in [0.2, 0.25) is 0 Å². The van der Waals surface area contributed by atoms with Crippen LogP contribution in [0.4, 0.5) is 10.5 Å². The Hall–Kier alpha value is -4.39. The number of rotatable bonds is 5. The molecule has 1 aromatic heterocycles. The SMILES string of the molecule is O=C(Nc1ccc(Oc2ccccc2)cc1)N1CCC2(CC1)C(=O)N(C1C=CC=CC1)C2c1ccccn1. The zero-order valence-electron chi connectivity index (χ0n) is 21.1. The Morgan fingerprint density at radius 3 is 2.34 bits per heavy atom. The summed E-state index contributed by atoms with van der Waals surface area (Å²) in [6.45, 7) is 1.04. The van der Waals surface area contributed by atoms with Gasteiger partial charge in [-0.2, -0.15) is 0 Å². The van der Waals surface area contributed by atoms with Gasteiger partial charge in [0.1, 0.15) is 11.5 Å². The summed E-state index contributed by atoms with van der Waals surface area (Å²) in [4.78, 5) is 35.2. The lowest BCUT2D eigenvalue weighted by atomic mass is 9.62. The number of piperidine rings is 1. The summed E-state index contributed by atoms with van der Waals surface area (Å²) in [6, 6.07) is 22.6. The van der Waals surface area contributed by atoms with Crippen LogP contribution in [-0.2, 0) is 4.79 Å². The first-order valence-electron chi connectivity index (χ1n) is 13.1. The van der Waals surface area contributed by atoms with E-state index in [1.807, 2.05) is 89.8 Å². The van der Waals surface area contributed by atoms with Gasteiger partial charge in [0.2, 0.25) is 5.91 Å². The average molecular weight is 507 g/mol. The lowest BCUT2D eigenvalue weighted by Crippen LogP contribution is -2.68. The molecule has 1 spiro atoms. The fourth-order valence-electron chi connectivity index (χ4n) is 5.80. The number of anilines is 1. The maximum absolute atomic E-state index is 13.7. The molecule has 7 heteroatoms. The molecule has 3 amide bonds. The van der Waals surface area contributed by atoms with Crippen LogP contribution in [0, 0.1) is 5.41 Å². The van der Waals surface area contributed by atoms with Crippen LogP contribution in [0.15, 0.2) is 103 Å². The topological polar surface area (TPSA) is 74.8 Å². The van der Waals surface area contributed by atoms with Gasteiger partial charge in [0.05, 0.1) is 23.2 Å². The van der Waals surface area contributed by atoms with Gasteiger partial charge in [-0.05, 0) is 67.8 Å². The van der Waals surface area contributed by atoms with Crippen molar-refractivity contribution < 1.29 is 14.3 Å². The molecule has 2 fully saturated rings. The van der Waals surface area contributed by atoms with Crippen LogP contribution < -0.4 is 10.1 Å². The summed E-state index contributed by atoms with van der Waals surface area (Å²) in [7, 11) is 0. The zero-order valence-corrected chi connectivity index (χ0v) is 21.1. The number of ether oxygens (including phenoxy) is 1. The normalized spacial score (nSPS) is 21.7. The predicted octanol–water partition coefficient (Wildman–Crippen LogP) is 5.96. The first-order valence-corrected chi connectivity index (χ1v) is 13.1. The van der Waals surface area contributed by atoms with Gasteiger partial charge in [-0.1, -0.05) is 48.6 Å².